The van der Waals surface area contributed by atoms with E-state index in [1.807, 2.05) is 0 Å². The number of amides is 2. The zero-order valence-electron chi connectivity index (χ0n) is 23.6. The average molecular weight is 519 g/mol. The number of hydrogen-bond donors (Lipinski definition) is 2. The first-order valence-corrected chi connectivity index (χ1v) is 16.9. The van der Waals surface area contributed by atoms with Crippen molar-refractivity contribution in [2.75, 3.05) is 0 Å². The first-order valence-electron chi connectivity index (χ1n) is 16.9. The van der Waals surface area contributed by atoms with Gasteiger partial charge < -0.3 is 10.6 Å². The SMILES string of the molecule is O=C(CC12CC3CC(C1)CC(CC(=O)NC14CC5CC(CC(C5)C1)C4)(C3)C2)NC12CC3CC(CC(C3)C1)C2. The van der Waals surface area contributed by atoms with Crippen molar-refractivity contribution >= 4 is 11.8 Å². The van der Waals surface area contributed by atoms with Crippen LogP contribution in [0.15, 0.2) is 0 Å². The van der Waals surface area contributed by atoms with Gasteiger partial charge in [0.1, 0.15) is 0 Å². The van der Waals surface area contributed by atoms with Crippen LogP contribution < -0.4 is 10.6 Å². The molecule has 0 aromatic heterocycles. The van der Waals surface area contributed by atoms with Gasteiger partial charge in [0.2, 0.25) is 11.8 Å². The van der Waals surface area contributed by atoms with E-state index in [9.17, 15) is 9.59 Å². The van der Waals surface area contributed by atoms with Crippen LogP contribution in [0, 0.1) is 58.2 Å². The Morgan fingerprint density at radius 1 is 0.447 bits per heavy atom. The molecule has 38 heavy (non-hydrogen) atoms. The summed E-state index contributed by atoms with van der Waals surface area (Å²) < 4.78 is 0. The lowest BCUT2D eigenvalue weighted by Gasteiger charge is -2.63. The second-order valence-corrected chi connectivity index (χ2v) is 17.8. The third kappa shape index (κ3) is 3.80. The molecule has 12 bridgehead atoms. The van der Waals surface area contributed by atoms with E-state index in [2.05, 4.69) is 10.6 Å². The third-order valence-corrected chi connectivity index (χ3v) is 14.3. The molecule has 2 N–H and O–H groups in total. The van der Waals surface area contributed by atoms with Gasteiger partial charge in [-0.05, 0) is 174 Å². The highest BCUT2D eigenvalue weighted by Gasteiger charge is 2.60. The summed E-state index contributed by atoms with van der Waals surface area (Å²) in [5, 5.41) is 7.44. The molecular formula is C34H50N2O2. The Balaban J connectivity index is 0.893. The lowest BCUT2D eigenvalue weighted by molar-refractivity contribution is -0.150. The number of nitrogens with one attached hydrogen (secondary N) is 2. The molecule has 0 atom stereocenters. The van der Waals surface area contributed by atoms with Crippen molar-refractivity contribution in [3.63, 3.8) is 0 Å². The molecule has 0 aliphatic heterocycles. The summed E-state index contributed by atoms with van der Waals surface area (Å²) in [4.78, 5) is 27.5. The molecule has 0 saturated heterocycles. The highest BCUT2D eigenvalue weighted by atomic mass is 16.2. The van der Waals surface area contributed by atoms with Gasteiger partial charge in [-0.3, -0.25) is 9.59 Å². The molecule has 0 unspecified atom stereocenters. The first kappa shape index (κ1) is 23.6. The van der Waals surface area contributed by atoms with Gasteiger partial charge in [-0.15, -0.1) is 0 Å². The van der Waals surface area contributed by atoms with Gasteiger partial charge >= 0.3 is 0 Å². The number of carbonyl (C=O) groups is 2. The van der Waals surface area contributed by atoms with Gasteiger partial charge in [0.05, 0.1) is 0 Å². The van der Waals surface area contributed by atoms with Crippen LogP contribution in [0.4, 0.5) is 0 Å². The normalized spacial score (nSPS) is 56.4. The Hall–Kier alpha value is -1.06. The van der Waals surface area contributed by atoms with Crippen molar-refractivity contribution in [3.05, 3.63) is 0 Å². The third-order valence-electron chi connectivity index (χ3n) is 14.3. The topological polar surface area (TPSA) is 58.2 Å². The van der Waals surface area contributed by atoms with E-state index in [0.29, 0.717) is 11.8 Å². The van der Waals surface area contributed by atoms with Crippen LogP contribution >= 0.6 is 0 Å². The van der Waals surface area contributed by atoms with Crippen molar-refractivity contribution in [1.82, 2.24) is 10.6 Å². The largest absolute Gasteiger partial charge is 0.351 e. The van der Waals surface area contributed by atoms with Gasteiger partial charge in [-0.25, -0.2) is 0 Å². The zero-order valence-corrected chi connectivity index (χ0v) is 23.6. The second kappa shape index (κ2) is 7.81. The van der Waals surface area contributed by atoms with E-state index in [4.69, 9.17) is 0 Å². The monoisotopic (exact) mass is 518 g/mol. The van der Waals surface area contributed by atoms with E-state index in [1.165, 1.54) is 109 Å². The Bertz CT molecular complexity index is 883. The summed E-state index contributed by atoms with van der Waals surface area (Å²) in [5.41, 5.74) is 0.585. The Labute approximate surface area is 229 Å². The second-order valence-electron chi connectivity index (χ2n) is 17.8. The van der Waals surface area contributed by atoms with E-state index < -0.39 is 0 Å². The highest BCUT2D eigenvalue weighted by molar-refractivity contribution is 5.79. The predicted molar refractivity (Wildman–Crippen MR) is 147 cm³/mol. The number of hydrogen-bond acceptors (Lipinski definition) is 2. The van der Waals surface area contributed by atoms with Crippen LogP contribution in [-0.2, 0) is 9.59 Å². The first-order chi connectivity index (χ1) is 18.2. The van der Waals surface area contributed by atoms with Crippen LogP contribution in [0.3, 0.4) is 0 Å². The van der Waals surface area contributed by atoms with Gasteiger partial charge in [-0.1, -0.05) is 0 Å². The quantitative estimate of drug-likeness (QED) is 0.420. The van der Waals surface area contributed by atoms with Crippen molar-refractivity contribution in [2.45, 2.75) is 139 Å². The maximum atomic E-state index is 13.8. The van der Waals surface area contributed by atoms with E-state index in [1.54, 1.807) is 0 Å². The molecule has 0 spiro atoms. The lowest BCUT2D eigenvalue weighted by Crippen LogP contribution is -2.61. The molecule has 4 heteroatoms. The Morgan fingerprint density at radius 2 is 0.737 bits per heavy atom. The minimum atomic E-state index is 0.129. The fraction of sp³-hybridized carbons (Fsp3) is 0.941. The minimum absolute atomic E-state index is 0.129. The molecule has 0 aromatic rings. The number of rotatable bonds is 6. The van der Waals surface area contributed by atoms with E-state index in [-0.39, 0.29) is 21.9 Å². The lowest BCUT2D eigenvalue weighted by atomic mass is 9.43. The summed E-state index contributed by atoms with van der Waals surface area (Å²) in [5.74, 6) is 7.45. The average Bonchev–Trinajstić information content (AvgIpc) is 2.74. The van der Waals surface area contributed by atoms with Crippen LogP contribution in [0.2, 0.25) is 0 Å². The van der Waals surface area contributed by atoms with Crippen LogP contribution in [0.25, 0.3) is 0 Å². The Kier molecular flexibility index (Phi) is 4.86. The molecule has 0 aromatic carbocycles. The molecule has 12 aliphatic carbocycles. The van der Waals surface area contributed by atoms with Crippen molar-refractivity contribution < 1.29 is 9.59 Å². The molecular weight excluding hydrogens is 468 g/mol. The number of carbonyl (C=O) groups excluding carboxylic acids is 2. The summed E-state index contributed by atoms with van der Waals surface area (Å²) in [6, 6.07) is 0. The molecule has 12 fully saturated rings. The standard InChI is InChI=1S/C34H50N2O2/c37-29(35-33-12-21-1-22(13-33)3-23(2-21)14-33)18-31-8-27-7-28(9-31)11-32(10-27,20-31)19-30(38)36-34-15-24-4-25(16-34)6-26(5-24)17-34/h21-28H,1-20H2,(H,35,37)(H,36,38). The molecule has 12 aliphatic rings. The van der Waals surface area contributed by atoms with Gasteiger partial charge in [-0.2, -0.15) is 0 Å². The van der Waals surface area contributed by atoms with Crippen molar-refractivity contribution in [3.8, 4) is 0 Å². The van der Waals surface area contributed by atoms with Crippen LogP contribution in [0.1, 0.15) is 128 Å². The van der Waals surface area contributed by atoms with Gasteiger partial charge in [0, 0.05) is 23.9 Å². The summed E-state index contributed by atoms with van der Waals surface area (Å²) in [6.45, 7) is 0. The Morgan fingerprint density at radius 3 is 1.05 bits per heavy atom. The zero-order chi connectivity index (χ0) is 25.3. The molecule has 2 amide bonds. The van der Waals surface area contributed by atoms with Crippen molar-refractivity contribution in [2.24, 2.45) is 58.2 Å². The van der Waals surface area contributed by atoms with Gasteiger partial charge in [0.25, 0.3) is 0 Å². The molecule has 0 heterocycles. The maximum Gasteiger partial charge on any atom is 0.220 e. The van der Waals surface area contributed by atoms with E-state index in [0.717, 1.165) is 66.6 Å². The van der Waals surface area contributed by atoms with Gasteiger partial charge in [0.15, 0.2) is 0 Å². The van der Waals surface area contributed by atoms with Crippen LogP contribution in [0.5, 0.6) is 0 Å². The maximum absolute atomic E-state index is 13.8. The van der Waals surface area contributed by atoms with Crippen LogP contribution in [-0.4, -0.2) is 22.9 Å². The fourth-order valence-corrected chi connectivity index (χ4v) is 15.0. The van der Waals surface area contributed by atoms with E-state index >= 15 is 0 Å². The smallest absolute Gasteiger partial charge is 0.220 e. The van der Waals surface area contributed by atoms with Crippen molar-refractivity contribution in [1.29, 1.82) is 0 Å². The molecule has 12 rings (SSSR count). The molecule has 208 valence electrons. The highest BCUT2D eigenvalue weighted by Crippen LogP contribution is 2.68. The predicted octanol–water partition coefficient (Wildman–Crippen LogP) is 6.52. The summed E-state index contributed by atoms with van der Waals surface area (Å²) >= 11 is 0. The minimum Gasteiger partial charge on any atom is -0.351 e. The molecule has 0 radical (unpaired) electrons. The molecule has 12 saturated carbocycles. The molecule has 4 nitrogen and oxygen atoms in total. The summed E-state index contributed by atoms with van der Waals surface area (Å²) in [6.07, 6.45) is 25.0. The summed E-state index contributed by atoms with van der Waals surface area (Å²) in [7, 11) is 0. The fourth-order valence-electron chi connectivity index (χ4n) is 15.0.